The van der Waals surface area contributed by atoms with Crippen LogP contribution >= 0.6 is 11.3 Å². The second kappa shape index (κ2) is 10.00. The van der Waals surface area contributed by atoms with Crippen molar-refractivity contribution in [2.24, 2.45) is 5.10 Å². The van der Waals surface area contributed by atoms with Crippen LogP contribution in [-0.4, -0.2) is 43.3 Å². The zero-order chi connectivity index (χ0) is 21.5. The van der Waals surface area contributed by atoms with E-state index >= 15 is 0 Å². The summed E-state index contributed by atoms with van der Waals surface area (Å²) in [6, 6.07) is 12.6. The fraction of sp³-hybridized carbons (Fsp3) is 0.227. The van der Waals surface area contributed by atoms with Gasteiger partial charge in [-0.25, -0.2) is 5.43 Å². The van der Waals surface area contributed by atoms with Crippen LogP contribution < -0.4 is 14.9 Å². The number of carbonyl (C=O) groups is 2. The van der Waals surface area contributed by atoms with Gasteiger partial charge in [0.2, 0.25) is 5.91 Å². The molecule has 3 rings (SSSR count). The summed E-state index contributed by atoms with van der Waals surface area (Å²) < 4.78 is 11.4. The summed E-state index contributed by atoms with van der Waals surface area (Å²) in [4.78, 5) is 24.6. The van der Waals surface area contributed by atoms with Gasteiger partial charge in [-0.2, -0.15) is 5.10 Å². The Bertz CT molecular complexity index is 1090. The van der Waals surface area contributed by atoms with Gasteiger partial charge in [-0.05, 0) is 24.3 Å². The van der Waals surface area contributed by atoms with Gasteiger partial charge in [0.05, 0.1) is 26.5 Å². The number of nitrogens with zero attached hydrogens (tertiary/aromatic N) is 1. The Morgan fingerprint density at radius 2 is 1.83 bits per heavy atom. The molecule has 0 atom stereocenters. The molecule has 1 heterocycles. The van der Waals surface area contributed by atoms with Gasteiger partial charge in [0.15, 0.2) is 17.3 Å². The SMILES string of the molecule is COc1ccc(C(=O)CCC(=O)N/N=C(\CO)c2csc3ccccc23)cc1OC. The molecule has 156 valence electrons. The maximum Gasteiger partial charge on any atom is 0.240 e. The molecule has 0 bridgehead atoms. The Labute approximate surface area is 177 Å². The first-order valence-corrected chi connectivity index (χ1v) is 10.1. The van der Waals surface area contributed by atoms with E-state index in [1.807, 2.05) is 29.6 Å². The monoisotopic (exact) mass is 426 g/mol. The van der Waals surface area contributed by atoms with E-state index in [9.17, 15) is 14.7 Å². The van der Waals surface area contributed by atoms with Crippen molar-refractivity contribution in [2.45, 2.75) is 12.8 Å². The first-order valence-electron chi connectivity index (χ1n) is 9.25. The highest BCUT2D eigenvalue weighted by Gasteiger charge is 2.14. The number of carbonyl (C=O) groups excluding carboxylic acids is 2. The molecule has 0 spiro atoms. The van der Waals surface area contributed by atoms with E-state index < -0.39 is 5.91 Å². The number of ketones is 1. The Morgan fingerprint density at radius 1 is 1.07 bits per heavy atom. The van der Waals surface area contributed by atoms with E-state index in [-0.39, 0.29) is 25.2 Å². The summed E-state index contributed by atoms with van der Waals surface area (Å²) in [5.74, 6) is 0.377. The molecular formula is C22H22N2O5S. The van der Waals surface area contributed by atoms with Crippen molar-refractivity contribution < 1.29 is 24.2 Å². The molecule has 7 nitrogen and oxygen atoms in total. The standard InChI is InChI=1S/C22H22N2O5S/c1-28-19-9-7-14(11-20(19)29-2)18(26)8-10-22(27)24-23-17(12-25)16-13-30-21-6-4-3-5-15(16)21/h3-7,9,11,13,25H,8,10,12H2,1-2H3,(H,24,27)/b23-17+. The van der Waals surface area contributed by atoms with Crippen LogP contribution in [0.15, 0.2) is 52.9 Å². The molecule has 2 N–H and O–H groups in total. The summed E-state index contributed by atoms with van der Waals surface area (Å²) in [7, 11) is 3.01. The van der Waals surface area contributed by atoms with Crippen molar-refractivity contribution in [3.63, 3.8) is 0 Å². The lowest BCUT2D eigenvalue weighted by atomic mass is 10.1. The van der Waals surface area contributed by atoms with E-state index in [1.54, 1.807) is 29.5 Å². The smallest absolute Gasteiger partial charge is 0.240 e. The van der Waals surface area contributed by atoms with Crippen LogP contribution in [0.25, 0.3) is 10.1 Å². The zero-order valence-corrected chi connectivity index (χ0v) is 17.5. The van der Waals surface area contributed by atoms with Gasteiger partial charge in [0.1, 0.15) is 0 Å². The maximum atomic E-state index is 12.4. The normalized spacial score (nSPS) is 11.4. The van der Waals surface area contributed by atoms with Crippen LogP contribution in [0, 0.1) is 0 Å². The summed E-state index contributed by atoms with van der Waals surface area (Å²) >= 11 is 1.54. The number of fused-ring (bicyclic) bond motifs is 1. The second-order valence-corrected chi connectivity index (χ2v) is 7.30. The molecule has 0 saturated carbocycles. The minimum absolute atomic E-state index is 0.0205. The number of hydrogen-bond acceptors (Lipinski definition) is 7. The van der Waals surface area contributed by atoms with Crippen molar-refractivity contribution in [1.82, 2.24) is 5.43 Å². The number of nitrogens with one attached hydrogen (secondary N) is 1. The van der Waals surface area contributed by atoms with Crippen molar-refractivity contribution >= 4 is 38.8 Å². The first-order chi connectivity index (χ1) is 14.6. The second-order valence-electron chi connectivity index (χ2n) is 6.39. The fourth-order valence-electron chi connectivity index (χ4n) is 2.95. The third-order valence-electron chi connectivity index (χ3n) is 4.54. The number of benzene rings is 2. The molecule has 0 unspecified atom stereocenters. The molecular weight excluding hydrogens is 404 g/mol. The summed E-state index contributed by atoms with van der Waals surface area (Å²) in [5, 5.41) is 16.6. The molecule has 1 aromatic heterocycles. The minimum Gasteiger partial charge on any atom is -0.493 e. The Balaban J connectivity index is 1.61. The van der Waals surface area contributed by atoms with Crippen molar-refractivity contribution in [2.75, 3.05) is 20.8 Å². The molecule has 8 heteroatoms. The molecule has 30 heavy (non-hydrogen) atoms. The number of thiophene rings is 1. The average molecular weight is 426 g/mol. The Hall–Kier alpha value is -3.23. The highest BCUT2D eigenvalue weighted by Crippen LogP contribution is 2.28. The number of aliphatic hydroxyl groups is 1. The van der Waals surface area contributed by atoms with E-state index in [4.69, 9.17) is 9.47 Å². The van der Waals surface area contributed by atoms with Crippen LogP contribution in [0.4, 0.5) is 0 Å². The van der Waals surface area contributed by atoms with Crippen molar-refractivity contribution in [3.05, 3.63) is 59.0 Å². The van der Waals surface area contributed by atoms with Gasteiger partial charge in [0, 0.05) is 39.4 Å². The topological polar surface area (TPSA) is 97.2 Å². The summed E-state index contributed by atoms with van der Waals surface area (Å²) in [6.45, 7) is -0.314. The number of aliphatic hydroxyl groups excluding tert-OH is 1. The Kier molecular flexibility index (Phi) is 7.16. The fourth-order valence-corrected chi connectivity index (χ4v) is 3.92. The van der Waals surface area contributed by atoms with Crippen LogP contribution in [0.1, 0.15) is 28.8 Å². The predicted molar refractivity (Wildman–Crippen MR) is 117 cm³/mol. The van der Waals surface area contributed by atoms with Gasteiger partial charge < -0.3 is 14.6 Å². The summed E-state index contributed by atoms with van der Waals surface area (Å²) in [6.07, 6.45) is -0.00749. The molecule has 0 aliphatic heterocycles. The number of methoxy groups -OCH3 is 2. The van der Waals surface area contributed by atoms with Crippen LogP contribution in [0.5, 0.6) is 11.5 Å². The molecule has 2 aromatic carbocycles. The van der Waals surface area contributed by atoms with Crippen LogP contribution in [-0.2, 0) is 4.79 Å². The maximum absolute atomic E-state index is 12.4. The molecule has 0 aliphatic carbocycles. The predicted octanol–water partition coefficient (Wildman–Crippen LogP) is 3.39. The molecule has 0 fully saturated rings. The first kappa shape index (κ1) is 21.5. The van der Waals surface area contributed by atoms with E-state index in [0.717, 1.165) is 15.6 Å². The number of hydrogen-bond donors (Lipinski definition) is 2. The van der Waals surface area contributed by atoms with Gasteiger partial charge in [-0.15, -0.1) is 11.3 Å². The lowest BCUT2D eigenvalue weighted by molar-refractivity contribution is -0.121. The molecule has 1 amide bonds. The third kappa shape index (κ3) is 4.84. The highest BCUT2D eigenvalue weighted by molar-refractivity contribution is 7.17. The number of ether oxygens (including phenoxy) is 2. The highest BCUT2D eigenvalue weighted by atomic mass is 32.1. The molecule has 0 aliphatic rings. The van der Waals surface area contributed by atoms with Gasteiger partial charge >= 0.3 is 0 Å². The largest absolute Gasteiger partial charge is 0.493 e. The van der Waals surface area contributed by atoms with Crippen LogP contribution in [0.3, 0.4) is 0 Å². The van der Waals surface area contributed by atoms with Gasteiger partial charge in [-0.3, -0.25) is 9.59 Å². The lowest BCUT2D eigenvalue weighted by Gasteiger charge is -2.09. The number of rotatable bonds is 9. The third-order valence-corrected chi connectivity index (χ3v) is 5.51. The number of hydrazone groups is 1. The van der Waals surface area contributed by atoms with Crippen molar-refractivity contribution in [1.29, 1.82) is 0 Å². The summed E-state index contributed by atoms with van der Waals surface area (Å²) in [5.41, 5.74) is 4.01. The zero-order valence-electron chi connectivity index (χ0n) is 16.7. The average Bonchev–Trinajstić information content (AvgIpc) is 3.21. The Morgan fingerprint density at radius 3 is 2.57 bits per heavy atom. The van der Waals surface area contributed by atoms with E-state index in [0.29, 0.717) is 22.8 Å². The van der Waals surface area contributed by atoms with E-state index in [1.165, 1.54) is 14.2 Å². The van der Waals surface area contributed by atoms with Crippen LogP contribution in [0.2, 0.25) is 0 Å². The number of Topliss-reactive ketones (excluding diaryl/α,β-unsaturated/α-hetero) is 1. The number of amides is 1. The lowest BCUT2D eigenvalue weighted by Crippen LogP contribution is -2.22. The molecule has 3 aromatic rings. The molecule has 0 radical (unpaired) electrons. The van der Waals surface area contributed by atoms with Crippen molar-refractivity contribution in [3.8, 4) is 11.5 Å². The van der Waals surface area contributed by atoms with E-state index in [2.05, 4.69) is 10.5 Å². The minimum atomic E-state index is -0.408. The van der Waals surface area contributed by atoms with Gasteiger partial charge in [0.25, 0.3) is 0 Å². The molecule has 0 saturated heterocycles. The quantitative estimate of drug-likeness (QED) is 0.311. The van der Waals surface area contributed by atoms with Gasteiger partial charge in [-0.1, -0.05) is 18.2 Å².